The molecule has 1 saturated heterocycles. The highest BCUT2D eigenvalue weighted by atomic mass is 15.0. The van der Waals surface area contributed by atoms with Gasteiger partial charge in [-0.1, -0.05) is 12.1 Å². The van der Waals surface area contributed by atoms with Crippen molar-refractivity contribution in [3.8, 4) is 0 Å². The van der Waals surface area contributed by atoms with Gasteiger partial charge in [0.2, 0.25) is 0 Å². The van der Waals surface area contributed by atoms with Crippen LogP contribution in [0.1, 0.15) is 22.3 Å². The monoisotopic (exact) mass is 218 g/mol. The van der Waals surface area contributed by atoms with Gasteiger partial charge in [-0.15, -0.1) is 0 Å². The molecule has 0 aromatic heterocycles. The molecule has 88 valence electrons. The molecule has 1 aliphatic heterocycles. The molecule has 1 heterocycles. The Morgan fingerprint density at radius 3 is 2.56 bits per heavy atom. The Bertz CT molecular complexity index is 367. The zero-order chi connectivity index (χ0) is 11.5. The maximum atomic E-state index is 3.55. The zero-order valence-corrected chi connectivity index (χ0v) is 10.6. The molecule has 2 nitrogen and oxygen atoms in total. The van der Waals surface area contributed by atoms with Crippen molar-refractivity contribution in [2.45, 2.75) is 27.3 Å². The second-order valence-electron chi connectivity index (χ2n) is 4.95. The highest BCUT2D eigenvalue weighted by Gasteiger charge is 2.15. The molecule has 0 atom stereocenters. The molecular formula is C14H22N2. The van der Waals surface area contributed by atoms with Crippen molar-refractivity contribution < 1.29 is 0 Å². The lowest BCUT2D eigenvalue weighted by molar-refractivity contribution is 0.331. The standard InChI is InChI=1S/C14H22N2/c1-10-4-5-14(12(3)11(10)2)9-16-8-13-6-15-7-13/h4-5,13,15-16H,6-9H2,1-3H3. The molecule has 0 amide bonds. The lowest BCUT2D eigenvalue weighted by atomic mass is 9.98. The lowest BCUT2D eigenvalue weighted by Crippen LogP contribution is -2.47. The van der Waals surface area contributed by atoms with Crippen molar-refractivity contribution in [2.24, 2.45) is 5.92 Å². The molecule has 2 heteroatoms. The Hall–Kier alpha value is -0.860. The van der Waals surface area contributed by atoms with E-state index in [4.69, 9.17) is 0 Å². The van der Waals surface area contributed by atoms with Gasteiger partial charge < -0.3 is 10.6 Å². The van der Waals surface area contributed by atoms with Crippen molar-refractivity contribution in [1.29, 1.82) is 0 Å². The van der Waals surface area contributed by atoms with Crippen molar-refractivity contribution in [1.82, 2.24) is 10.6 Å². The molecule has 2 rings (SSSR count). The van der Waals surface area contributed by atoms with E-state index in [0.29, 0.717) is 0 Å². The largest absolute Gasteiger partial charge is 0.316 e. The van der Waals surface area contributed by atoms with E-state index in [-0.39, 0.29) is 0 Å². The second-order valence-corrected chi connectivity index (χ2v) is 4.95. The smallest absolute Gasteiger partial charge is 0.0208 e. The first-order valence-corrected chi connectivity index (χ1v) is 6.15. The Balaban J connectivity index is 1.90. The Morgan fingerprint density at radius 1 is 1.19 bits per heavy atom. The van der Waals surface area contributed by atoms with E-state index < -0.39 is 0 Å². The fourth-order valence-corrected chi connectivity index (χ4v) is 2.11. The first-order chi connectivity index (χ1) is 7.68. The number of hydrogen-bond donors (Lipinski definition) is 2. The van der Waals surface area contributed by atoms with Crippen molar-refractivity contribution >= 4 is 0 Å². The van der Waals surface area contributed by atoms with Crippen LogP contribution < -0.4 is 10.6 Å². The molecule has 0 spiro atoms. The van der Waals surface area contributed by atoms with E-state index in [9.17, 15) is 0 Å². The van der Waals surface area contributed by atoms with E-state index in [1.54, 1.807) is 0 Å². The van der Waals surface area contributed by atoms with Crippen LogP contribution in [0.4, 0.5) is 0 Å². The first-order valence-electron chi connectivity index (χ1n) is 6.15. The van der Waals surface area contributed by atoms with Gasteiger partial charge in [-0.2, -0.15) is 0 Å². The van der Waals surface area contributed by atoms with Crippen LogP contribution in [0.2, 0.25) is 0 Å². The predicted octanol–water partition coefficient (Wildman–Crippen LogP) is 1.92. The highest BCUT2D eigenvalue weighted by Crippen LogP contribution is 2.16. The van der Waals surface area contributed by atoms with E-state index in [0.717, 1.165) is 19.0 Å². The Labute approximate surface area is 98.4 Å². The molecular weight excluding hydrogens is 196 g/mol. The third kappa shape index (κ3) is 2.45. The third-order valence-electron chi connectivity index (χ3n) is 3.78. The van der Waals surface area contributed by atoms with Crippen LogP contribution in [0.5, 0.6) is 0 Å². The molecule has 1 aromatic carbocycles. The average Bonchev–Trinajstić information content (AvgIpc) is 2.21. The fourth-order valence-electron chi connectivity index (χ4n) is 2.11. The molecule has 1 fully saturated rings. The van der Waals surface area contributed by atoms with Gasteiger partial charge in [0.1, 0.15) is 0 Å². The molecule has 1 aromatic rings. The van der Waals surface area contributed by atoms with Gasteiger partial charge in [0.05, 0.1) is 0 Å². The normalized spacial score (nSPS) is 16.2. The number of benzene rings is 1. The van der Waals surface area contributed by atoms with Gasteiger partial charge in [-0.25, -0.2) is 0 Å². The maximum absolute atomic E-state index is 3.55. The molecule has 0 bridgehead atoms. The van der Waals surface area contributed by atoms with E-state index in [1.165, 1.54) is 35.3 Å². The summed E-state index contributed by atoms with van der Waals surface area (Å²) >= 11 is 0. The van der Waals surface area contributed by atoms with Crippen LogP contribution in [-0.4, -0.2) is 19.6 Å². The van der Waals surface area contributed by atoms with Crippen LogP contribution in [0, 0.1) is 26.7 Å². The SMILES string of the molecule is Cc1ccc(CNCC2CNC2)c(C)c1C. The first kappa shape index (κ1) is 11.6. The van der Waals surface area contributed by atoms with Crippen LogP contribution >= 0.6 is 0 Å². The van der Waals surface area contributed by atoms with Crippen molar-refractivity contribution in [3.63, 3.8) is 0 Å². The minimum atomic E-state index is 0.840. The zero-order valence-electron chi connectivity index (χ0n) is 10.6. The van der Waals surface area contributed by atoms with Gasteiger partial charge in [0, 0.05) is 26.2 Å². The molecule has 0 unspecified atom stereocenters. The minimum absolute atomic E-state index is 0.840. The van der Waals surface area contributed by atoms with E-state index >= 15 is 0 Å². The van der Waals surface area contributed by atoms with Crippen molar-refractivity contribution in [3.05, 3.63) is 34.4 Å². The minimum Gasteiger partial charge on any atom is -0.316 e. The van der Waals surface area contributed by atoms with Gasteiger partial charge in [-0.05, 0) is 48.9 Å². The Morgan fingerprint density at radius 2 is 1.94 bits per heavy atom. The maximum Gasteiger partial charge on any atom is 0.0208 e. The molecule has 1 aliphatic rings. The summed E-state index contributed by atoms with van der Waals surface area (Å²) in [6, 6.07) is 4.48. The number of nitrogens with one attached hydrogen (secondary N) is 2. The van der Waals surface area contributed by atoms with Gasteiger partial charge in [0.15, 0.2) is 0 Å². The van der Waals surface area contributed by atoms with Crippen LogP contribution in [0.15, 0.2) is 12.1 Å². The summed E-state index contributed by atoms with van der Waals surface area (Å²) in [6.45, 7) is 11.1. The van der Waals surface area contributed by atoms with Crippen molar-refractivity contribution in [2.75, 3.05) is 19.6 Å². The predicted molar refractivity (Wildman–Crippen MR) is 68.7 cm³/mol. The number of aryl methyl sites for hydroxylation is 1. The van der Waals surface area contributed by atoms with Crippen LogP contribution in [-0.2, 0) is 6.54 Å². The topological polar surface area (TPSA) is 24.1 Å². The summed E-state index contributed by atoms with van der Waals surface area (Å²) in [7, 11) is 0. The van der Waals surface area contributed by atoms with Gasteiger partial charge >= 0.3 is 0 Å². The molecule has 2 N–H and O–H groups in total. The summed E-state index contributed by atoms with van der Waals surface area (Å²) in [5.74, 6) is 0.840. The highest BCUT2D eigenvalue weighted by molar-refractivity contribution is 5.38. The molecule has 0 aliphatic carbocycles. The summed E-state index contributed by atoms with van der Waals surface area (Å²) in [6.07, 6.45) is 0. The summed E-state index contributed by atoms with van der Waals surface area (Å²) < 4.78 is 0. The van der Waals surface area contributed by atoms with Gasteiger partial charge in [0.25, 0.3) is 0 Å². The summed E-state index contributed by atoms with van der Waals surface area (Å²) in [4.78, 5) is 0. The average molecular weight is 218 g/mol. The van der Waals surface area contributed by atoms with Crippen LogP contribution in [0.25, 0.3) is 0 Å². The van der Waals surface area contributed by atoms with Gasteiger partial charge in [-0.3, -0.25) is 0 Å². The lowest BCUT2D eigenvalue weighted by Gasteiger charge is -2.27. The number of rotatable bonds is 4. The molecule has 0 radical (unpaired) electrons. The number of hydrogen-bond acceptors (Lipinski definition) is 2. The summed E-state index contributed by atoms with van der Waals surface area (Å²) in [5, 5.41) is 6.85. The molecule has 16 heavy (non-hydrogen) atoms. The summed E-state index contributed by atoms with van der Waals surface area (Å²) in [5.41, 5.74) is 5.71. The third-order valence-corrected chi connectivity index (χ3v) is 3.78. The van der Waals surface area contributed by atoms with E-state index in [2.05, 4.69) is 43.5 Å². The fraction of sp³-hybridized carbons (Fsp3) is 0.571. The van der Waals surface area contributed by atoms with E-state index in [1.807, 2.05) is 0 Å². The second kappa shape index (κ2) is 4.98. The molecule has 0 saturated carbocycles. The quantitative estimate of drug-likeness (QED) is 0.807. The Kier molecular flexibility index (Phi) is 3.62. The van der Waals surface area contributed by atoms with Crippen LogP contribution in [0.3, 0.4) is 0 Å².